The summed E-state index contributed by atoms with van der Waals surface area (Å²) in [4.78, 5) is 0. The number of hydrogen-bond acceptors (Lipinski definition) is 3. The molecule has 0 spiro atoms. The Labute approximate surface area is 101 Å². The standard InChI is InChI=1S/C11H18ClN3O/c1-8-10(12)9(15(2)14-8)5-11(7-16)3-4-13-6-11/h13,16H,3-7H2,1-2H3. The molecule has 4 nitrogen and oxygen atoms in total. The Bertz CT molecular complexity index is 383. The molecule has 1 fully saturated rings. The number of aryl methyl sites for hydroxylation is 2. The van der Waals surface area contributed by atoms with Gasteiger partial charge in [-0.1, -0.05) is 11.6 Å². The molecule has 0 aliphatic carbocycles. The van der Waals surface area contributed by atoms with Crippen LogP contribution in [0.4, 0.5) is 0 Å². The van der Waals surface area contributed by atoms with Crippen molar-refractivity contribution in [2.24, 2.45) is 12.5 Å². The topological polar surface area (TPSA) is 50.1 Å². The molecule has 1 unspecified atom stereocenters. The van der Waals surface area contributed by atoms with Crippen molar-refractivity contribution >= 4 is 11.6 Å². The molecule has 2 rings (SSSR count). The van der Waals surface area contributed by atoms with E-state index in [-0.39, 0.29) is 12.0 Å². The lowest BCUT2D eigenvalue weighted by atomic mass is 9.83. The van der Waals surface area contributed by atoms with E-state index in [2.05, 4.69) is 10.4 Å². The van der Waals surface area contributed by atoms with Gasteiger partial charge in [0.1, 0.15) is 0 Å². The smallest absolute Gasteiger partial charge is 0.0847 e. The van der Waals surface area contributed by atoms with Gasteiger partial charge in [-0.3, -0.25) is 4.68 Å². The van der Waals surface area contributed by atoms with Gasteiger partial charge >= 0.3 is 0 Å². The molecular weight excluding hydrogens is 226 g/mol. The summed E-state index contributed by atoms with van der Waals surface area (Å²) < 4.78 is 1.83. The highest BCUT2D eigenvalue weighted by Crippen LogP contribution is 2.32. The number of aromatic nitrogens is 2. The summed E-state index contributed by atoms with van der Waals surface area (Å²) in [5, 5.41) is 17.9. The van der Waals surface area contributed by atoms with Crippen LogP contribution in [0.25, 0.3) is 0 Å². The molecule has 1 aromatic rings. The molecule has 5 heteroatoms. The molecule has 1 saturated heterocycles. The molecule has 90 valence electrons. The van der Waals surface area contributed by atoms with Gasteiger partial charge in [0.2, 0.25) is 0 Å². The Morgan fingerprint density at radius 1 is 1.62 bits per heavy atom. The van der Waals surface area contributed by atoms with Gasteiger partial charge in [0.05, 0.1) is 23.0 Å². The molecule has 1 aromatic heterocycles. The van der Waals surface area contributed by atoms with Crippen molar-refractivity contribution in [3.63, 3.8) is 0 Å². The highest BCUT2D eigenvalue weighted by Gasteiger charge is 2.35. The van der Waals surface area contributed by atoms with Crippen molar-refractivity contribution < 1.29 is 5.11 Å². The fourth-order valence-corrected chi connectivity index (χ4v) is 2.59. The van der Waals surface area contributed by atoms with Crippen LogP contribution >= 0.6 is 11.6 Å². The van der Waals surface area contributed by atoms with Gasteiger partial charge in [-0.2, -0.15) is 5.10 Å². The molecule has 1 atom stereocenters. The second kappa shape index (κ2) is 4.35. The summed E-state index contributed by atoms with van der Waals surface area (Å²) in [6.45, 7) is 3.92. The van der Waals surface area contributed by atoms with E-state index in [1.165, 1.54) is 0 Å². The quantitative estimate of drug-likeness (QED) is 0.829. The van der Waals surface area contributed by atoms with Crippen LogP contribution in [0.5, 0.6) is 0 Å². The summed E-state index contributed by atoms with van der Waals surface area (Å²) in [5.74, 6) is 0. The number of nitrogens with zero attached hydrogens (tertiary/aromatic N) is 2. The Hall–Kier alpha value is -0.580. The van der Waals surface area contributed by atoms with Crippen LogP contribution in [0.2, 0.25) is 5.02 Å². The number of hydrogen-bond donors (Lipinski definition) is 2. The summed E-state index contributed by atoms with van der Waals surface area (Å²) in [7, 11) is 1.90. The minimum absolute atomic E-state index is 0.0656. The normalized spacial score (nSPS) is 25.2. The van der Waals surface area contributed by atoms with E-state index in [0.29, 0.717) is 0 Å². The Balaban J connectivity index is 2.25. The Morgan fingerprint density at radius 3 is 2.81 bits per heavy atom. The predicted molar refractivity (Wildman–Crippen MR) is 63.7 cm³/mol. The van der Waals surface area contributed by atoms with Crippen LogP contribution in [0.1, 0.15) is 17.8 Å². The van der Waals surface area contributed by atoms with Crippen LogP contribution in [0.3, 0.4) is 0 Å². The third kappa shape index (κ3) is 1.97. The average Bonchev–Trinajstić information content (AvgIpc) is 2.81. The van der Waals surface area contributed by atoms with E-state index < -0.39 is 0 Å². The maximum absolute atomic E-state index is 9.55. The highest BCUT2D eigenvalue weighted by atomic mass is 35.5. The van der Waals surface area contributed by atoms with Gasteiger partial charge in [0.15, 0.2) is 0 Å². The van der Waals surface area contributed by atoms with Crippen molar-refractivity contribution in [2.75, 3.05) is 19.7 Å². The van der Waals surface area contributed by atoms with E-state index >= 15 is 0 Å². The van der Waals surface area contributed by atoms with Gasteiger partial charge in [-0.05, 0) is 26.3 Å². The lowest BCUT2D eigenvalue weighted by Gasteiger charge is -2.25. The van der Waals surface area contributed by atoms with Crippen molar-refractivity contribution in [1.29, 1.82) is 0 Å². The monoisotopic (exact) mass is 243 g/mol. The van der Waals surface area contributed by atoms with Crippen LogP contribution < -0.4 is 5.32 Å². The van der Waals surface area contributed by atoms with Gasteiger partial charge in [0.25, 0.3) is 0 Å². The largest absolute Gasteiger partial charge is 0.396 e. The Morgan fingerprint density at radius 2 is 2.38 bits per heavy atom. The Kier molecular flexibility index (Phi) is 3.24. The number of halogens is 1. The molecule has 2 N–H and O–H groups in total. The molecular formula is C11H18ClN3O. The van der Waals surface area contributed by atoms with Crippen LogP contribution in [-0.2, 0) is 13.5 Å². The van der Waals surface area contributed by atoms with Crippen molar-refractivity contribution in [2.45, 2.75) is 19.8 Å². The molecule has 0 amide bonds. The average molecular weight is 244 g/mol. The second-order valence-electron chi connectivity index (χ2n) is 4.73. The first-order valence-electron chi connectivity index (χ1n) is 5.57. The van der Waals surface area contributed by atoms with Gasteiger partial charge in [-0.15, -0.1) is 0 Å². The van der Waals surface area contributed by atoms with Crippen LogP contribution in [0, 0.1) is 12.3 Å². The van der Waals surface area contributed by atoms with Gasteiger partial charge in [0, 0.05) is 19.0 Å². The summed E-state index contributed by atoms with van der Waals surface area (Å²) in [6.07, 6.45) is 1.77. The van der Waals surface area contributed by atoms with Crippen LogP contribution in [-0.4, -0.2) is 34.6 Å². The third-order valence-electron chi connectivity index (χ3n) is 3.47. The van der Waals surface area contributed by atoms with E-state index in [1.807, 2.05) is 18.7 Å². The maximum atomic E-state index is 9.55. The number of aliphatic hydroxyl groups excluding tert-OH is 1. The first-order chi connectivity index (χ1) is 7.58. The zero-order valence-electron chi connectivity index (χ0n) is 9.76. The van der Waals surface area contributed by atoms with Gasteiger partial charge in [-0.25, -0.2) is 0 Å². The molecule has 16 heavy (non-hydrogen) atoms. The lowest BCUT2D eigenvalue weighted by molar-refractivity contribution is 0.140. The number of nitrogens with one attached hydrogen (secondary N) is 1. The van der Waals surface area contributed by atoms with E-state index in [4.69, 9.17) is 11.6 Å². The summed E-state index contributed by atoms with van der Waals surface area (Å²) in [6, 6.07) is 0. The molecule has 0 aromatic carbocycles. The first kappa shape index (κ1) is 11.9. The summed E-state index contributed by atoms with van der Waals surface area (Å²) in [5.41, 5.74) is 1.82. The van der Waals surface area contributed by atoms with Crippen molar-refractivity contribution in [3.05, 3.63) is 16.4 Å². The summed E-state index contributed by atoms with van der Waals surface area (Å²) >= 11 is 6.23. The molecule has 1 aliphatic rings. The van der Waals surface area contributed by atoms with Crippen LogP contribution in [0.15, 0.2) is 0 Å². The SMILES string of the molecule is Cc1nn(C)c(CC2(CO)CCNC2)c1Cl. The second-order valence-corrected chi connectivity index (χ2v) is 5.11. The third-order valence-corrected chi connectivity index (χ3v) is 3.96. The predicted octanol–water partition coefficient (Wildman–Crippen LogP) is 0.896. The van der Waals surface area contributed by atoms with E-state index in [9.17, 15) is 5.11 Å². The lowest BCUT2D eigenvalue weighted by Crippen LogP contribution is -2.31. The molecule has 1 aliphatic heterocycles. The molecule has 2 heterocycles. The molecule has 0 bridgehead atoms. The van der Waals surface area contributed by atoms with E-state index in [1.54, 1.807) is 0 Å². The zero-order valence-corrected chi connectivity index (χ0v) is 10.5. The minimum Gasteiger partial charge on any atom is -0.396 e. The maximum Gasteiger partial charge on any atom is 0.0847 e. The fourth-order valence-electron chi connectivity index (χ4n) is 2.36. The number of aliphatic hydroxyl groups is 1. The van der Waals surface area contributed by atoms with Crippen molar-refractivity contribution in [3.8, 4) is 0 Å². The zero-order chi connectivity index (χ0) is 11.8. The highest BCUT2D eigenvalue weighted by molar-refractivity contribution is 6.31. The first-order valence-corrected chi connectivity index (χ1v) is 5.95. The number of rotatable bonds is 3. The fraction of sp³-hybridized carbons (Fsp3) is 0.727. The van der Waals surface area contributed by atoms with Crippen molar-refractivity contribution in [1.82, 2.24) is 15.1 Å². The molecule has 0 saturated carbocycles. The van der Waals surface area contributed by atoms with E-state index in [0.717, 1.165) is 42.3 Å². The van der Waals surface area contributed by atoms with Gasteiger partial charge < -0.3 is 10.4 Å². The minimum atomic E-state index is -0.0656. The molecule has 0 radical (unpaired) electrons.